The van der Waals surface area contributed by atoms with Crippen molar-refractivity contribution in [1.29, 1.82) is 0 Å². The molecule has 0 atom stereocenters. The number of pyridine rings is 2. The molecule has 0 bridgehead atoms. The number of anilines is 1. The van der Waals surface area contributed by atoms with E-state index in [2.05, 4.69) is 41.7 Å². The highest BCUT2D eigenvalue weighted by Gasteiger charge is 2.14. The fourth-order valence-corrected chi connectivity index (χ4v) is 3.87. The van der Waals surface area contributed by atoms with Gasteiger partial charge >= 0.3 is 6.16 Å². The maximum atomic E-state index is 10.7. The summed E-state index contributed by atoms with van der Waals surface area (Å²) in [6.07, 6.45) is 1.52. The number of rotatable bonds is 4. The molecule has 2 N–H and O–H groups in total. The molecular weight excluding hydrogens is 434 g/mol. The third kappa shape index (κ3) is 4.08. The standard InChI is InChI=1S/C22H18ClN5O4/c23-16-10-15(32-22(29)30)12-25-20(16)13-1-3-18(24-11-13)21-26-17-4-2-14(9-19(17)27-21)28-5-7-31-8-6-28/h1-4,9-12H,5-8H2,(H,26,27)(H,29,30). The first-order valence-electron chi connectivity index (χ1n) is 9.92. The van der Waals surface area contributed by atoms with Crippen LogP contribution in [0.15, 0.2) is 48.8 Å². The van der Waals surface area contributed by atoms with Crippen LogP contribution < -0.4 is 9.64 Å². The molecular formula is C22H18ClN5O4. The first kappa shape index (κ1) is 20.2. The highest BCUT2D eigenvalue weighted by atomic mass is 35.5. The summed E-state index contributed by atoms with van der Waals surface area (Å²) < 4.78 is 10.00. The molecule has 3 aromatic heterocycles. The Hall–Kier alpha value is -3.69. The van der Waals surface area contributed by atoms with Crippen LogP contribution in [0.3, 0.4) is 0 Å². The first-order valence-corrected chi connectivity index (χ1v) is 10.3. The predicted molar refractivity (Wildman–Crippen MR) is 119 cm³/mol. The second-order valence-electron chi connectivity index (χ2n) is 7.19. The molecule has 0 radical (unpaired) electrons. The number of morpholine rings is 1. The molecule has 0 amide bonds. The molecule has 0 unspecified atom stereocenters. The van der Waals surface area contributed by atoms with Crippen LogP contribution in [-0.4, -0.2) is 57.5 Å². The number of fused-ring (bicyclic) bond motifs is 1. The average Bonchev–Trinajstić information content (AvgIpc) is 3.23. The van der Waals surface area contributed by atoms with Gasteiger partial charge in [0.25, 0.3) is 0 Å². The van der Waals surface area contributed by atoms with Gasteiger partial charge in [0, 0.05) is 36.6 Å². The van der Waals surface area contributed by atoms with E-state index < -0.39 is 6.16 Å². The van der Waals surface area contributed by atoms with E-state index in [1.54, 1.807) is 6.20 Å². The van der Waals surface area contributed by atoms with Gasteiger partial charge < -0.3 is 24.5 Å². The molecule has 0 spiro atoms. The predicted octanol–water partition coefficient (Wildman–Crippen LogP) is 4.23. The zero-order valence-electron chi connectivity index (χ0n) is 16.8. The molecule has 1 aromatic carbocycles. The van der Waals surface area contributed by atoms with Crippen molar-refractivity contribution in [3.63, 3.8) is 0 Å². The number of carbonyl (C=O) groups is 1. The van der Waals surface area contributed by atoms with Gasteiger partial charge in [-0.2, -0.15) is 0 Å². The summed E-state index contributed by atoms with van der Waals surface area (Å²) in [5.74, 6) is 0.712. The summed E-state index contributed by atoms with van der Waals surface area (Å²) in [4.78, 5) is 29.6. The van der Waals surface area contributed by atoms with Gasteiger partial charge in [-0.1, -0.05) is 11.6 Å². The number of imidazole rings is 1. The number of aromatic amines is 1. The van der Waals surface area contributed by atoms with E-state index in [0.29, 0.717) is 22.8 Å². The number of nitrogens with one attached hydrogen (secondary N) is 1. The number of aromatic nitrogens is 4. The highest BCUT2D eigenvalue weighted by Crippen LogP contribution is 2.30. The normalized spacial score (nSPS) is 14.0. The molecule has 1 saturated heterocycles. The van der Waals surface area contributed by atoms with Crippen molar-refractivity contribution in [3.05, 3.63) is 53.8 Å². The minimum Gasteiger partial charge on any atom is -0.449 e. The van der Waals surface area contributed by atoms with Crippen molar-refractivity contribution in [2.45, 2.75) is 0 Å². The summed E-state index contributed by atoms with van der Waals surface area (Å²) in [5.41, 5.74) is 4.78. The van der Waals surface area contributed by atoms with E-state index in [1.807, 2.05) is 18.2 Å². The Morgan fingerprint density at radius 3 is 2.69 bits per heavy atom. The summed E-state index contributed by atoms with van der Waals surface area (Å²) in [5, 5.41) is 8.96. The van der Waals surface area contributed by atoms with Crippen molar-refractivity contribution in [2.24, 2.45) is 0 Å². The largest absolute Gasteiger partial charge is 0.511 e. The SMILES string of the molecule is O=C(O)Oc1cnc(-c2ccc(-c3nc4ccc(N5CCOCC5)cc4[nH]3)nc2)c(Cl)c1. The molecule has 162 valence electrons. The highest BCUT2D eigenvalue weighted by molar-refractivity contribution is 6.33. The number of nitrogens with zero attached hydrogens (tertiary/aromatic N) is 4. The quantitative estimate of drug-likeness (QED) is 0.443. The van der Waals surface area contributed by atoms with Gasteiger partial charge in [0.05, 0.1) is 41.2 Å². The van der Waals surface area contributed by atoms with E-state index >= 15 is 0 Å². The molecule has 4 heterocycles. The average molecular weight is 452 g/mol. The van der Waals surface area contributed by atoms with Crippen LogP contribution in [0.25, 0.3) is 33.8 Å². The van der Waals surface area contributed by atoms with Crippen molar-refractivity contribution in [1.82, 2.24) is 19.9 Å². The van der Waals surface area contributed by atoms with Gasteiger partial charge in [0.2, 0.25) is 0 Å². The zero-order valence-corrected chi connectivity index (χ0v) is 17.5. The number of H-pyrrole nitrogens is 1. The maximum absolute atomic E-state index is 10.7. The Balaban J connectivity index is 1.39. The molecule has 5 rings (SSSR count). The van der Waals surface area contributed by atoms with E-state index in [4.69, 9.17) is 21.4 Å². The number of halogens is 1. The summed E-state index contributed by atoms with van der Waals surface area (Å²) in [7, 11) is 0. The van der Waals surface area contributed by atoms with Crippen LogP contribution in [0.4, 0.5) is 10.5 Å². The molecule has 0 saturated carbocycles. The third-order valence-electron chi connectivity index (χ3n) is 5.14. The number of hydrogen-bond donors (Lipinski definition) is 2. The third-order valence-corrected chi connectivity index (χ3v) is 5.43. The minimum absolute atomic E-state index is 0.0505. The Bertz CT molecular complexity index is 1290. The van der Waals surface area contributed by atoms with Crippen molar-refractivity contribution in [3.8, 4) is 28.5 Å². The molecule has 9 nitrogen and oxygen atoms in total. The Kier molecular flexibility index (Phi) is 5.34. The van der Waals surface area contributed by atoms with E-state index in [9.17, 15) is 4.79 Å². The smallest absolute Gasteiger partial charge is 0.449 e. The van der Waals surface area contributed by atoms with Gasteiger partial charge in [0.1, 0.15) is 5.69 Å². The number of ether oxygens (including phenoxy) is 2. The van der Waals surface area contributed by atoms with Crippen molar-refractivity contribution < 1.29 is 19.4 Å². The van der Waals surface area contributed by atoms with Crippen LogP contribution in [0, 0.1) is 0 Å². The summed E-state index contributed by atoms with van der Waals surface area (Å²) >= 11 is 6.24. The molecule has 32 heavy (non-hydrogen) atoms. The van der Waals surface area contributed by atoms with Crippen LogP contribution in [0.5, 0.6) is 5.75 Å². The Morgan fingerprint density at radius 1 is 1.12 bits per heavy atom. The van der Waals surface area contributed by atoms with E-state index in [-0.39, 0.29) is 10.8 Å². The Morgan fingerprint density at radius 2 is 1.97 bits per heavy atom. The summed E-state index contributed by atoms with van der Waals surface area (Å²) in [6, 6.07) is 11.2. The van der Waals surface area contributed by atoms with Crippen LogP contribution in [0.1, 0.15) is 0 Å². The molecule has 1 aliphatic heterocycles. The number of hydrogen-bond acceptors (Lipinski definition) is 7. The number of benzene rings is 1. The van der Waals surface area contributed by atoms with E-state index in [0.717, 1.165) is 43.0 Å². The van der Waals surface area contributed by atoms with Crippen molar-refractivity contribution >= 4 is 34.5 Å². The molecule has 1 aliphatic rings. The Labute approximate surface area is 187 Å². The topological polar surface area (TPSA) is 113 Å². The van der Waals surface area contributed by atoms with Gasteiger partial charge in [-0.25, -0.2) is 9.78 Å². The molecule has 1 fully saturated rings. The van der Waals surface area contributed by atoms with Gasteiger partial charge in [-0.05, 0) is 30.3 Å². The second kappa shape index (κ2) is 8.45. The number of carboxylic acid groups (broad SMARTS) is 1. The maximum Gasteiger partial charge on any atom is 0.511 e. The molecule has 0 aliphatic carbocycles. The van der Waals surface area contributed by atoms with Gasteiger partial charge in [-0.15, -0.1) is 0 Å². The van der Waals surface area contributed by atoms with Crippen LogP contribution in [-0.2, 0) is 4.74 Å². The zero-order chi connectivity index (χ0) is 22.1. The van der Waals surface area contributed by atoms with Gasteiger partial charge in [0.15, 0.2) is 11.6 Å². The fourth-order valence-electron chi connectivity index (χ4n) is 3.60. The van der Waals surface area contributed by atoms with Crippen LogP contribution in [0.2, 0.25) is 5.02 Å². The summed E-state index contributed by atoms with van der Waals surface area (Å²) in [6.45, 7) is 3.21. The lowest BCUT2D eigenvalue weighted by Gasteiger charge is -2.28. The lowest BCUT2D eigenvalue weighted by molar-refractivity contribution is 0.122. The monoisotopic (exact) mass is 451 g/mol. The lowest BCUT2D eigenvalue weighted by Crippen LogP contribution is -2.36. The van der Waals surface area contributed by atoms with Crippen LogP contribution >= 0.6 is 11.6 Å². The second-order valence-corrected chi connectivity index (χ2v) is 7.60. The lowest BCUT2D eigenvalue weighted by atomic mass is 10.1. The van der Waals surface area contributed by atoms with E-state index in [1.165, 1.54) is 12.3 Å². The first-order chi connectivity index (χ1) is 15.6. The molecule has 4 aromatic rings. The fraction of sp³-hybridized carbons (Fsp3) is 0.182. The molecule has 10 heteroatoms. The minimum atomic E-state index is -1.43. The van der Waals surface area contributed by atoms with Crippen molar-refractivity contribution in [2.75, 3.05) is 31.2 Å². The van der Waals surface area contributed by atoms with Gasteiger partial charge in [-0.3, -0.25) is 9.97 Å².